The van der Waals surface area contributed by atoms with Crippen LogP contribution < -0.4 is 9.46 Å². The van der Waals surface area contributed by atoms with Crippen molar-refractivity contribution >= 4 is 33.0 Å². The highest BCUT2D eigenvalue weighted by Crippen LogP contribution is 2.29. The second-order valence-electron chi connectivity index (χ2n) is 4.97. The third kappa shape index (κ3) is 3.02. The highest BCUT2D eigenvalue weighted by molar-refractivity contribution is 7.92. The fraction of sp³-hybridized carbons (Fsp3) is 0.200. The molecular formula is C15H15ClN4O3S. The Balaban J connectivity index is 2.07. The van der Waals surface area contributed by atoms with Crippen LogP contribution in [0.25, 0.3) is 5.65 Å². The maximum absolute atomic E-state index is 12.7. The predicted octanol–water partition coefficient (Wildman–Crippen LogP) is 2.75. The van der Waals surface area contributed by atoms with Crippen molar-refractivity contribution in [3.05, 3.63) is 47.4 Å². The van der Waals surface area contributed by atoms with Gasteiger partial charge in [0.2, 0.25) is 0 Å². The quantitative estimate of drug-likeness (QED) is 0.750. The number of hydrogen-bond donors (Lipinski definition) is 1. The van der Waals surface area contributed by atoms with Gasteiger partial charge >= 0.3 is 0 Å². The van der Waals surface area contributed by atoms with Gasteiger partial charge in [0.15, 0.2) is 11.5 Å². The highest BCUT2D eigenvalue weighted by Gasteiger charge is 2.22. The molecule has 1 N–H and O–H groups in total. The lowest BCUT2D eigenvalue weighted by molar-refractivity contribution is 0.403. The van der Waals surface area contributed by atoms with Crippen LogP contribution in [0.5, 0.6) is 5.75 Å². The Morgan fingerprint density at radius 3 is 2.83 bits per heavy atom. The monoisotopic (exact) mass is 366 g/mol. The first kappa shape index (κ1) is 16.5. The zero-order valence-corrected chi connectivity index (χ0v) is 14.6. The summed E-state index contributed by atoms with van der Waals surface area (Å²) in [5.41, 5.74) is 0.755. The van der Waals surface area contributed by atoms with E-state index in [2.05, 4.69) is 14.8 Å². The molecular weight excluding hydrogens is 352 g/mol. The maximum atomic E-state index is 12.7. The second-order valence-corrected chi connectivity index (χ2v) is 7.06. The zero-order valence-electron chi connectivity index (χ0n) is 13.0. The molecule has 2 aromatic heterocycles. The summed E-state index contributed by atoms with van der Waals surface area (Å²) in [7, 11) is -2.51. The van der Waals surface area contributed by atoms with Gasteiger partial charge in [0.05, 0.1) is 12.8 Å². The number of aryl methyl sites for hydroxylation is 1. The summed E-state index contributed by atoms with van der Waals surface area (Å²) < 4.78 is 34.7. The van der Waals surface area contributed by atoms with E-state index in [1.807, 2.05) is 6.92 Å². The van der Waals surface area contributed by atoms with Gasteiger partial charge in [0.25, 0.3) is 10.0 Å². The van der Waals surface area contributed by atoms with Gasteiger partial charge in [-0.15, -0.1) is 0 Å². The smallest absolute Gasteiger partial charge is 0.265 e. The van der Waals surface area contributed by atoms with Gasteiger partial charge in [-0.1, -0.05) is 18.5 Å². The van der Waals surface area contributed by atoms with Gasteiger partial charge in [-0.2, -0.15) is 5.10 Å². The number of anilines is 1. The number of ether oxygens (including phenoxy) is 1. The normalized spacial score (nSPS) is 11.6. The molecule has 0 aliphatic heterocycles. The van der Waals surface area contributed by atoms with Gasteiger partial charge < -0.3 is 4.74 Å². The number of nitrogens with one attached hydrogen (secondary N) is 1. The predicted molar refractivity (Wildman–Crippen MR) is 91.2 cm³/mol. The molecule has 126 valence electrons. The average molecular weight is 367 g/mol. The van der Waals surface area contributed by atoms with Crippen LogP contribution in [0.4, 0.5) is 5.69 Å². The molecule has 7 nitrogen and oxygen atoms in total. The molecule has 0 saturated heterocycles. The van der Waals surface area contributed by atoms with Crippen LogP contribution in [0.2, 0.25) is 5.02 Å². The van der Waals surface area contributed by atoms with E-state index >= 15 is 0 Å². The van der Waals surface area contributed by atoms with Crippen molar-refractivity contribution in [3.63, 3.8) is 0 Å². The largest absolute Gasteiger partial charge is 0.495 e. The number of pyridine rings is 1. The summed E-state index contributed by atoms with van der Waals surface area (Å²) in [6.07, 6.45) is 2.36. The third-order valence-corrected chi connectivity index (χ3v) is 5.00. The molecule has 1 aromatic carbocycles. The van der Waals surface area contributed by atoms with Crippen LogP contribution >= 0.6 is 11.6 Å². The van der Waals surface area contributed by atoms with Crippen molar-refractivity contribution < 1.29 is 13.2 Å². The van der Waals surface area contributed by atoms with Crippen LogP contribution in [0, 0.1) is 0 Å². The third-order valence-electron chi connectivity index (χ3n) is 3.38. The minimum Gasteiger partial charge on any atom is -0.495 e. The Labute approximate surface area is 144 Å². The molecule has 0 spiro atoms. The molecule has 2 heterocycles. The van der Waals surface area contributed by atoms with Crippen LogP contribution in [0.1, 0.15) is 12.7 Å². The van der Waals surface area contributed by atoms with E-state index in [1.54, 1.807) is 24.4 Å². The molecule has 24 heavy (non-hydrogen) atoms. The van der Waals surface area contributed by atoms with Gasteiger partial charge in [0, 0.05) is 17.6 Å². The number of benzene rings is 1. The summed E-state index contributed by atoms with van der Waals surface area (Å²) in [5.74, 6) is 0.830. The van der Waals surface area contributed by atoms with Gasteiger partial charge in [-0.3, -0.25) is 4.72 Å². The minimum absolute atomic E-state index is 0.0465. The number of halogens is 1. The lowest BCUT2D eigenvalue weighted by Crippen LogP contribution is -2.15. The summed E-state index contributed by atoms with van der Waals surface area (Å²) in [6.45, 7) is 1.93. The summed E-state index contributed by atoms with van der Waals surface area (Å²) in [4.78, 5) is 4.29. The van der Waals surface area contributed by atoms with E-state index in [9.17, 15) is 8.42 Å². The van der Waals surface area contributed by atoms with Crippen LogP contribution in [0.15, 0.2) is 41.4 Å². The second kappa shape index (κ2) is 6.29. The van der Waals surface area contributed by atoms with Gasteiger partial charge in [-0.25, -0.2) is 17.9 Å². The topological polar surface area (TPSA) is 85.6 Å². The molecule has 3 aromatic rings. The highest BCUT2D eigenvalue weighted by atomic mass is 35.5. The van der Waals surface area contributed by atoms with Crippen molar-refractivity contribution in [2.75, 3.05) is 11.8 Å². The average Bonchev–Trinajstić information content (AvgIpc) is 2.99. The summed E-state index contributed by atoms with van der Waals surface area (Å²) in [6, 6.07) is 7.71. The molecule has 3 rings (SSSR count). The fourth-order valence-electron chi connectivity index (χ4n) is 2.24. The molecule has 0 aliphatic rings. The van der Waals surface area contributed by atoms with E-state index in [0.29, 0.717) is 28.6 Å². The van der Waals surface area contributed by atoms with Gasteiger partial charge in [-0.05, 0) is 30.3 Å². The van der Waals surface area contributed by atoms with Crippen LogP contribution in [-0.4, -0.2) is 30.1 Å². The molecule has 0 bridgehead atoms. The Hall–Kier alpha value is -2.32. The SMILES string of the molecule is CCc1nc2c(NS(=O)(=O)c3cc(Cl)ccc3OC)cccn2n1. The molecule has 0 aliphatic carbocycles. The Morgan fingerprint density at radius 2 is 2.12 bits per heavy atom. The molecule has 0 radical (unpaired) electrons. The van der Waals surface area contributed by atoms with E-state index in [0.717, 1.165) is 0 Å². The van der Waals surface area contributed by atoms with Crippen molar-refractivity contribution in [1.82, 2.24) is 14.6 Å². The summed E-state index contributed by atoms with van der Waals surface area (Å²) in [5, 5.41) is 4.56. The first-order valence-corrected chi connectivity index (χ1v) is 9.01. The molecule has 0 amide bonds. The maximum Gasteiger partial charge on any atom is 0.265 e. The summed E-state index contributed by atoms with van der Waals surface area (Å²) >= 11 is 5.93. The van der Waals surface area contributed by atoms with Crippen LogP contribution in [-0.2, 0) is 16.4 Å². The van der Waals surface area contributed by atoms with Gasteiger partial charge in [0.1, 0.15) is 10.6 Å². The van der Waals surface area contributed by atoms with Crippen molar-refractivity contribution in [2.45, 2.75) is 18.2 Å². The number of aromatic nitrogens is 3. The van der Waals surface area contributed by atoms with E-state index in [1.165, 1.54) is 23.8 Å². The minimum atomic E-state index is -3.91. The number of nitrogens with zero attached hydrogens (tertiary/aromatic N) is 3. The number of fused-ring (bicyclic) bond motifs is 1. The first-order valence-electron chi connectivity index (χ1n) is 7.15. The molecule has 0 saturated carbocycles. The number of hydrogen-bond acceptors (Lipinski definition) is 5. The molecule has 0 unspecified atom stereocenters. The van der Waals surface area contributed by atoms with E-state index < -0.39 is 10.0 Å². The zero-order chi connectivity index (χ0) is 17.3. The van der Waals surface area contributed by atoms with Crippen molar-refractivity contribution in [3.8, 4) is 5.75 Å². The van der Waals surface area contributed by atoms with E-state index in [4.69, 9.17) is 16.3 Å². The number of rotatable bonds is 5. The van der Waals surface area contributed by atoms with Crippen molar-refractivity contribution in [1.29, 1.82) is 0 Å². The fourth-order valence-corrected chi connectivity index (χ4v) is 3.73. The Morgan fingerprint density at radius 1 is 1.33 bits per heavy atom. The number of methoxy groups -OCH3 is 1. The standard InChI is InChI=1S/C15H15ClN4O3S/c1-3-14-17-15-11(5-4-8-20(15)18-14)19-24(21,22)13-9-10(16)6-7-12(13)23-2/h4-9,19H,3H2,1-2H3. The molecule has 0 fully saturated rings. The molecule has 9 heteroatoms. The van der Waals surface area contributed by atoms with Crippen molar-refractivity contribution in [2.24, 2.45) is 0 Å². The Bertz CT molecular complexity index is 1000. The van der Waals surface area contributed by atoms with E-state index in [-0.39, 0.29) is 10.6 Å². The first-order chi connectivity index (χ1) is 11.4. The lowest BCUT2D eigenvalue weighted by Gasteiger charge is -2.12. The lowest BCUT2D eigenvalue weighted by atomic mass is 10.3. The van der Waals surface area contributed by atoms with Crippen LogP contribution in [0.3, 0.4) is 0 Å². The Kier molecular flexibility index (Phi) is 4.33. The number of sulfonamides is 1. The molecule has 0 atom stereocenters.